The highest BCUT2D eigenvalue weighted by Gasteiger charge is 2.12. The Morgan fingerprint density at radius 1 is 1.54 bits per heavy atom. The maximum Gasteiger partial charge on any atom is 0.320 e. The van der Waals surface area contributed by atoms with Gasteiger partial charge in [-0.25, -0.2) is 0 Å². The summed E-state index contributed by atoms with van der Waals surface area (Å²) in [5.41, 5.74) is 0. The molecule has 1 aliphatic heterocycles. The Balaban J connectivity index is 2.02. The Morgan fingerprint density at radius 2 is 2.15 bits per heavy atom. The fraction of sp³-hybridized carbons (Fsp3) is 0.889. The van der Waals surface area contributed by atoms with Crippen molar-refractivity contribution in [2.45, 2.75) is 25.8 Å². The van der Waals surface area contributed by atoms with E-state index in [9.17, 15) is 4.79 Å². The van der Waals surface area contributed by atoms with Crippen molar-refractivity contribution >= 4 is 5.97 Å². The molecule has 0 unspecified atom stereocenters. The summed E-state index contributed by atoms with van der Waals surface area (Å²) in [6, 6.07) is -0.428. The van der Waals surface area contributed by atoms with Crippen molar-refractivity contribution in [2.24, 2.45) is 0 Å². The van der Waals surface area contributed by atoms with Crippen molar-refractivity contribution in [1.82, 2.24) is 10.2 Å². The van der Waals surface area contributed by atoms with Crippen LogP contribution in [0, 0.1) is 0 Å². The first-order valence-corrected chi connectivity index (χ1v) is 4.88. The van der Waals surface area contributed by atoms with E-state index in [1.807, 2.05) is 0 Å². The highest BCUT2D eigenvalue weighted by atomic mass is 16.4. The van der Waals surface area contributed by atoms with Crippen LogP contribution in [0.5, 0.6) is 0 Å². The second-order valence-corrected chi connectivity index (χ2v) is 3.56. The molecule has 0 aromatic heterocycles. The molecule has 4 heteroatoms. The summed E-state index contributed by atoms with van der Waals surface area (Å²) in [5.74, 6) is -0.776. The van der Waals surface area contributed by atoms with Crippen LogP contribution in [0.2, 0.25) is 0 Å². The van der Waals surface area contributed by atoms with E-state index in [1.54, 1.807) is 6.92 Å². The molecule has 1 heterocycles. The summed E-state index contributed by atoms with van der Waals surface area (Å²) in [7, 11) is 0. The summed E-state index contributed by atoms with van der Waals surface area (Å²) < 4.78 is 0. The number of likely N-dealkylation sites (tertiary alicyclic amines) is 1. The van der Waals surface area contributed by atoms with E-state index in [1.165, 1.54) is 25.9 Å². The van der Waals surface area contributed by atoms with Gasteiger partial charge in [-0.05, 0) is 32.9 Å². The minimum absolute atomic E-state index is 0.428. The predicted molar refractivity (Wildman–Crippen MR) is 50.8 cm³/mol. The lowest BCUT2D eigenvalue weighted by Gasteiger charge is -2.16. The Labute approximate surface area is 78.9 Å². The second-order valence-electron chi connectivity index (χ2n) is 3.56. The number of hydrogen-bond acceptors (Lipinski definition) is 3. The molecule has 0 radical (unpaired) electrons. The lowest BCUT2D eigenvalue weighted by molar-refractivity contribution is -0.139. The monoisotopic (exact) mass is 186 g/mol. The van der Waals surface area contributed by atoms with Gasteiger partial charge in [-0.1, -0.05) is 0 Å². The Hall–Kier alpha value is -0.610. The zero-order valence-electron chi connectivity index (χ0n) is 8.12. The number of nitrogens with zero attached hydrogens (tertiary/aromatic N) is 1. The third-order valence-corrected chi connectivity index (χ3v) is 2.45. The molecule has 0 aliphatic carbocycles. The van der Waals surface area contributed by atoms with Gasteiger partial charge >= 0.3 is 5.97 Å². The summed E-state index contributed by atoms with van der Waals surface area (Å²) in [5, 5.41) is 11.6. The number of rotatable bonds is 5. The van der Waals surface area contributed by atoms with Gasteiger partial charge in [-0.3, -0.25) is 4.79 Å². The first kappa shape index (κ1) is 10.5. The van der Waals surface area contributed by atoms with E-state index in [2.05, 4.69) is 10.2 Å². The number of carbonyl (C=O) groups is 1. The SMILES string of the molecule is C[C@@H](NCCN1CCCC1)C(=O)O. The van der Waals surface area contributed by atoms with Crippen molar-refractivity contribution in [3.63, 3.8) is 0 Å². The zero-order chi connectivity index (χ0) is 9.68. The highest BCUT2D eigenvalue weighted by molar-refractivity contribution is 5.72. The normalized spacial score (nSPS) is 20.4. The standard InChI is InChI=1S/C9H18N2O2/c1-8(9(12)13)10-4-7-11-5-2-3-6-11/h8,10H,2-7H2,1H3,(H,12,13)/t8-/m1/s1. The average molecular weight is 186 g/mol. The maximum absolute atomic E-state index is 10.5. The number of carboxylic acids is 1. The first-order chi connectivity index (χ1) is 6.20. The van der Waals surface area contributed by atoms with Crippen LogP contribution < -0.4 is 5.32 Å². The van der Waals surface area contributed by atoms with Gasteiger partial charge in [0.15, 0.2) is 0 Å². The van der Waals surface area contributed by atoms with Gasteiger partial charge in [-0.15, -0.1) is 0 Å². The van der Waals surface area contributed by atoms with Crippen LogP contribution in [-0.2, 0) is 4.79 Å². The van der Waals surface area contributed by atoms with Crippen LogP contribution >= 0.6 is 0 Å². The molecule has 1 atom stereocenters. The van der Waals surface area contributed by atoms with Crippen molar-refractivity contribution in [1.29, 1.82) is 0 Å². The molecule has 0 bridgehead atoms. The Kier molecular flexibility index (Phi) is 4.18. The number of aliphatic carboxylic acids is 1. The Bertz CT molecular complexity index is 167. The van der Waals surface area contributed by atoms with Crippen LogP contribution in [-0.4, -0.2) is 48.2 Å². The molecule has 76 valence electrons. The van der Waals surface area contributed by atoms with Crippen molar-refractivity contribution in [3.8, 4) is 0 Å². The van der Waals surface area contributed by atoms with Gasteiger partial charge in [0.25, 0.3) is 0 Å². The topological polar surface area (TPSA) is 52.6 Å². The van der Waals surface area contributed by atoms with Gasteiger partial charge in [-0.2, -0.15) is 0 Å². The van der Waals surface area contributed by atoms with E-state index in [4.69, 9.17) is 5.11 Å². The third kappa shape index (κ3) is 3.74. The van der Waals surface area contributed by atoms with Crippen LogP contribution in [0.1, 0.15) is 19.8 Å². The molecule has 0 amide bonds. The van der Waals surface area contributed by atoms with Crippen LogP contribution in [0.15, 0.2) is 0 Å². The number of carboxylic acid groups (broad SMARTS) is 1. The largest absolute Gasteiger partial charge is 0.480 e. The highest BCUT2D eigenvalue weighted by Crippen LogP contribution is 2.05. The van der Waals surface area contributed by atoms with Gasteiger partial charge in [0, 0.05) is 13.1 Å². The maximum atomic E-state index is 10.5. The minimum atomic E-state index is -0.776. The lowest BCUT2D eigenvalue weighted by Crippen LogP contribution is -2.38. The average Bonchev–Trinajstić information content (AvgIpc) is 2.56. The number of hydrogen-bond donors (Lipinski definition) is 2. The molecule has 0 saturated carbocycles. The van der Waals surface area contributed by atoms with Gasteiger partial charge < -0.3 is 15.3 Å². The molecule has 1 rings (SSSR count). The van der Waals surface area contributed by atoms with E-state index >= 15 is 0 Å². The lowest BCUT2D eigenvalue weighted by atomic mass is 10.3. The second kappa shape index (κ2) is 5.19. The van der Waals surface area contributed by atoms with Crippen LogP contribution in [0.3, 0.4) is 0 Å². The van der Waals surface area contributed by atoms with Gasteiger partial charge in [0.1, 0.15) is 6.04 Å². The fourth-order valence-corrected chi connectivity index (χ4v) is 1.53. The van der Waals surface area contributed by atoms with Crippen LogP contribution in [0.4, 0.5) is 0 Å². The zero-order valence-corrected chi connectivity index (χ0v) is 8.12. The number of nitrogens with one attached hydrogen (secondary N) is 1. The molecule has 0 spiro atoms. The summed E-state index contributed by atoms with van der Waals surface area (Å²) >= 11 is 0. The first-order valence-electron chi connectivity index (χ1n) is 4.88. The van der Waals surface area contributed by atoms with Gasteiger partial charge in [0.2, 0.25) is 0 Å². The minimum Gasteiger partial charge on any atom is -0.480 e. The molecule has 1 saturated heterocycles. The van der Waals surface area contributed by atoms with E-state index in [0.29, 0.717) is 0 Å². The summed E-state index contributed by atoms with van der Waals surface area (Å²) in [6.07, 6.45) is 2.57. The van der Waals surface area contributed by atoms with Crippen molar-refractivity contribution in [3.05, 3.63) is 0 Å². The summed E-state index contributed by atoms with van der Waals surface area (Å²) in [4.78, 5) is 12.8. The fourth-order valence-electron chi connectivity index (χ4n) is 1.53. The van der Waals surface area contributed by atoms with Crippen molar-refractivity contribution in [2.75, 3.05) is 26.2 Å². The molecule has 2 N–H and O–H groups in total. The quantitative estimate of drug-likeness (QED) is 0.641. The van der Waals surface area contributed by atoms with E-state index < -0.39 is 12.0 Å². The molecule has 1 fully saturated rings. The van der Waals surface area contributed by atoms with E-state index in [0.717, 1.165) is 13.1 Å². The third-order valence-electron chi connectivity index (χ3n) is 2.45. The predicted octanol–water partition coefficient (Wildman–Crippen LogP) is 0.145. The molecule has 0 aromatic rings. The molecular formula is C9H18N2O2. The van der Waals surface area contributed by atoms with Crippen LogP contribution in [0.25, 0.3) is 0 Å². The molecule has 0 aromatic carbocycles. The van der Waals surface area contributed by atoms with Gasteiger partial charge in [0.05, 0.1) is 0 Å². The van der Waals surface area contributed by atoms with E-state index in [-0.39, 0.29) is 0 Å². The molecule has 1 aliphatic rings. The van der Waals surface area contributed by atoms with Crippen molar-refractivity contribution < 1.29 is 9.90 Å². The smallest absolute Gasteiger partial charge is 0.320 e. The Morgan fingerprint density at radius 3 is 2.69 bits per heavy atom. The summed E-state index contributed by atoms with van der Waals surface area (Å²) in [6.45, 7) is 5.75. The molecule has 4 nitrogen and oxygen atoms in total. The molecule has 13 heavy (non-hydrogen) atoms. The molecular weight excluding hydrogens is 168 g/mol.